The Morgan fingerprint density at radius 3 is 2.50 bits per heavy atom. The number of rotatable bonds is 8. The van der Waals surface area contributed by atoms with E-state index in [-0.39, 0.29) is 12.0 Å². The Hall–Kier alpha value is -2.13. The van der Waals surface area contributed by atoms with Crippen LogP contribution in [0.1, 0.15) is 54.0 Å². The summed E-state index contributed by atoms with van der Waals surface area (Å²) in [6.07, 6.45) is 3.07. The van der Waals surface area contributed by atoms with Crippen LogP contribution < -0.4 is 5.73 Å². The van der Waals surface area contributed by atoms with Gasteiger partial charge in [0.05, 0.1) is 0 Å². The monoisotopic (exact) mass is 325 g/mol. The van der Waals surface area contributed by atoms with Crippen molar-refractivity contribution in [1.82, 2.24) is 0 Å². The third-order valence-electron chi connectivity index (χ3n) is 4.35. The Balaban J connectivity index is 1.65. The summed E-state index contributed by atoms with van der Waals surface area (Å²) in [4.78, 5) is 11.8. The van der Waals surface area contributed by atoms with E-state index >= 15 is 0 Å². The fourth-order valence-electron chi connectivity index (χ4n) is 2.61. The van der Waals surface area contributed by atoms with E-state index in [0.717, 1.165) is 24.8 Å². The van der Waals surface area contributed by atoms with Crippen molar-refractivity contribution in [3.05, 3.63) is 70.8 Å². The molecule has 0 amide bonds. The van der Waals surface area contributed by atoms with Gasteiger partial charge in [0.15, 0.2) is 0 Å². The summed E-state index contributed by atoms with van der Waals surface area (Å²) in [7, 11) is 0. The van der Waals surface area contributed by atoms with Crippen LogP contribution in [-0.4, -0.2) is 5.97 Å². The Labute approximate surface area is 144 Å². The lowest BCUT2D eigenvalue weighted by Crippen LogP contribution is -2.11. The molecular formula is C21H27NO2. The summed E-state index contributed by atoms with van der Waals surface area (Å²) >= 11 is 0. The van der Waals surface area contributed by atoms with Gasteiger partial charge in [-0.1, -0.05) is 55.0 Å². The van der Waals surface area contributed by atoms with Gasteiger partial charge in [-0.05, 0) is 48.9 Å². The number of hydrogen-bond donors (Lipinski definition) is 1. The Bertz CT molecular complexity index is 652. The van der Waals surface area contributed by atoms with Gasteiger partial charge in [0, 0.05) is 12.5 Å². The molecule has 1 atom stereocenters. The van der Waals surface area contributed by atoms with Gasteiger partial charge in [0.1, 0.15) is 6.61 Å². The molecule has 0 radical (unpaired) electrons. The minimum Gasteiger partial charge on any atom is -0.461 e. The fourth-order valence-corrected chi connectivity index (χ4v) is 2.61. The van der Waals surface area contributed by atoms with E-state index in [2.05, 4.69) is 32.0 Å². The van der Waals surface area contributed by atoms with Gasteiger partial charge in [0.25, 0.3) is 0 Å². The maximum absolute atomic E-state index is 11.8. The second-order valence-electron chi connectivity index (χ2n) is 6.34. The van der Waals surface area contributed by atoms with Crippen LogP contribution in [0.15, 0.2) is 48.5 Å². The van der Waals surface area contributed by atoms with Gasteiger partial charge in [0.2, 0.25) is 0 Å². The smallest absolute Gasteiger partial charge is 0.306 e. The Morgan fingerprint density at radius 1 is 1.04 bits per heavy atom. The predicted molar refractivity (Wildman–Crippen MR) is 97.6 cm³/mol. The molecule has 2 aromatic carbocycles. The van der Waals surface area contributed by atoms with E-state index in [1.54, 1.807) is 0 Å². The van der Waals surface area contributed by atoms with Crippen LogP contribution in [0, 0.1) is 13.8 Å². The first-order valence-corrected chi connectivity index (χ1v) is 8.58. The molecule has 2 aromatic rings. The zero-order chi connectivity index (χ0) is 17.4. The highest BCUT2D eigenvalue weighted by Gasteiger charge is 2.08. The molecule has 0 unspecified atom stereocenters. The lowest BCUT2D eigenvalue weighted by atomic mass is 9.98. The molecule has 128 valence electrons. The van der Waals surface area contributed by atoms with Gasteiger partial charge in [-0.3, -0.25) is 4.79 Å². The summed E-state index contributed by atoms with van der Waals surface area (Å²) in [5.74, 6) is -0.140. The van der Waals surface area contributed by atoms with E-state index in [9.17, 15) is 4.79 Å². The number of unbranched alkanes of at least 4 members (excludes halogenated alkanes) is 1. The Morgan fingerprint density at radius 2 is 1.79 bits per heavy atom. The van der Waals surface area contributed by atoms with E-state index < -0.39 is 0 Å². The molecular weight excluding hydrogens is 298 g/mol. The third kappa shape index (κ3) is 5.82. The first kappa shape index (κ1) is 18.2. The van der Waals surface area contributed by atoms with Gasteiger partial charge < -0.3 is 10.5 Å². The number of carbonyl (C=O) groups excluding carboxylic acids is 1. The second kappa shape index (κ2) is 9.24. The first-order chi connectivity index (χ1) is 11.6. The molecule has 0 aliphatic rings. The lowest BCUT2D eigenvalue weighted by Gasteiger charge is -2.13. The quantitative estimate of drug-likeness (QED) is 0.570. The molecule has 0 fully saturated rings. The molecule has 0 saturated carbocycles. The van der Waals surface area contributed by atoms with Gasteiger partial charge >= 0.3 is 5.97 Å². The highest BCUT2D eigenvalue weighted by Crippen LogP contribution is 2.20. The van der Waals surface area contributed by atoms with Crippen LogP contribution in [-0.2, 0) is 16.1 Å². The molecule has 3 heteroatoms. The molecule has 0 spiro atoms. The molecule has 0 heterocycles. The standard InChI is InChI=1S/C21H27NO2/c1-16-12-13-19(14-17(16)2)20(22)10-6-7-11-21(23)24-15-18-8-4-3-5-9-18/h3-5,8-9,12-14,20H,6-7,10-11,15,22H2,1-2H3/t20-/m1/s1. The maximum atomic E-state index is 11.8. The minimum atomic E-state index is -0.140. The molecule has 0 aromatic heterocycles. The van der Waals surface area contributed by atoms with E-state index in [1.807, 2.05) is 30.3 Å². The topological polar surface area (TPSA) is 52.3 Å². The maximum Gasteiger partial charge on any atom is 0.306 e. The summed E-state index contributed by atoms with van der Waals surface area (Å²) in [6, 6.07) is 16.1. The zero-order valence-electron chi connectivity index (χ0n) is 14.6. The van der Waals surface area contributed by atoms with Crippen molar-refractivity contribution >= 4 is 5.97 Å². The average molecular weight is 325 g/mol. The van der Waals surface area contributed by atoms with Crippen molar-refractivity contribution in [2.24, 2.45) is 5.73 Å². The van der Waals surface area contributed by atoms with E-state index in [0.29, 0.717) is 13.0 Å². The summed E-state index contributed by atoms with van der Waals surface area (Å²) in [5.41, 5.74) is 11.0. The van der Waals surface area contributed by atoms with Crippen LogP contribution in [0.3, 0.4) is 0 Å². The van der Waals surface area contributed by atoms with Gasteiger partial charge in [-0.15, -0.1) is 0 Å². The number of ether oxygens (including phenoxy) is 1. The van der Waals surface area contributed by atoms with Crippen molar-refractivity contribution in [2.45, 2.75) is 52.2 Å². The van der Waals surface area contributed by atoms with Crippen molar-refractivity contribution < 1.29 is 9.53 Å². The normalized spacial score (nSPS) is 12.0. The Kier molecular flexibility index (Phi) is 7.01. The zero-order valence-corrected chi connectivity index (χ0v) is 14.6. The average Bonchev–Trinajstić information content (AvgIpc) is 2.60. The predicted octanol–water partition coefficient (Wildman–Crippen LogP) is 4.61. The lowest BCUT2D eigenvalue weighted by molar-refractivity contribution is -0.145. The largest absolute Gasteiger partial charge is 0.461 e. The van der Waals surface area contributed by atoms with E-state index in [4.69, 9.17) is 10.5 Å². The first-order valence-electron chi connectivity index (χ1n) is 8.58. The molecule has 0 aliphatic carbocycles. The fraction of sp³-hybridized carbons (Fsp3) is 0.381. The van der Waals surface area contributed by atoms with E-state index in [1.165, 1.54) is 16.7 Å². The van der Waals surface area contributed by atoms with Crippen molar-refractivity contribution in [3.8, 4) is 0 Å². The highest BCUT2D eigenvalue weighted by atomic mass is 16.5. The third-order valence-corrected chi connectivity index (χ3v) is 4.35. The summed E-state index contributed by atoms with van der Waals surface area (Å²) in [6.45, 7) is 4.56. The van der Waals surface area contributed by atoms with Crippen molar-refractivity contribution in [3.63, 3.8) is 0 Å². The van der Waals surface area contributed by atoms with Crippen LogP contribution >= 0.6 is 0 Å². The molecule has 0 aliphatic heterocycles. The molecule has 0 bridgehead atoms. The van der Waals surface area contributed by atoms with Crippen LogP contribution in [0.4, 0.5) is 0 Å². The van der Waals surface area contributed by atoms with Crippen molar-refractivity contribution in [1.29, 1.82) is 0 Å². The molecule has 2 rings (SSSR count). The summed E-state index contributed by atoms with van der Waals surface area (Å²) in [5, 5.41) is 0. The SMILES string of the molecule is Cc1ccc([C@H](N)CCCCC(=O)OCc2ccccc2)cc1C. The number of esters is 1. The number of hydrogen-bond acceptors (Lipinski definition) is 3. The molecule has 3 nitrogen and oxygen atoms in total. The van der Waals surface area contributed by atoms with Crippen LogP contribution in [0.5, 0.6) is 0 Å². The number of aryl methyl sites for hydroxylation is 2. The second-order valence-corrected chi connectivity index (χ2v) is 6.34. The molecule has 24 heavy (non-hydrogen) atoms. The highest BCUT2D eigenvalue weighted by molar-refractivity contribution is 5.69. The number of nitrogens with two attached hydrogens (primary N) is 1. The van der Waals surface area contributed by atoms with Gasteiger partial charge in [-0.2, -0.15) is 0 Å². The van der Waals surface area contributed by atoms with Crippen molar-refractivity contribution in [2.75, 3.05) is 0 Å². The van der Waals surface area contributed by atoms with Crippen LogP contribution in [0.2, 0.25) is 0 Å². The number of benzene rings is 2. The molecule has 2 N–H and O–H groups in total. The molecule has 0 saturated heterocycles. The van der Waals surface area contributed by atoms with Gasteiger partial charge in [-0.25, -0.2) is 0 Å². The van der Waals surface area contributed by atoms with Crippen LogP contribution in [0.25, 0.3) is 0 Å². The minimum absolute atomic E-state index is 0.0321. The number of carbonyl (C=O) groups is 1. The summed E-state index contributed by atoms with van der Waals surface area (Å²) < 4.78 is 5.28.